The summed E-state index contributed by atoms with van der Waals surface area (Å²) in [6.45, 7) is 0. The van der Waals surface area contributed by atoms with Crippen molar-refractivity contribution in [2.45, 2.75) is 12.3 Å². The van der Waals surface area contributed by atoms with E-state index in [1.165, 1.54) is 55.4 Å². The quantitative estimate of drug-likeness (QED) is 0.176. The van der Waals surface area contributed by atoms with Crippen molar-refractivity contribution in [2.24, 2.45) is 0 Å². The molecule has 0 heterocycles. The van der Waals surface area contributed by atoms with Gasteiger partial charge >= 0.3 is 0 Å². The largest absolute Gasteiger partial charge is 0.310 e. The second-order valence-corrected chi connectivity index (χ2v) is 12.1. The third-order valence-electron chi connectivity index (χ3n) is 9.22. The molecule has 0 saturated heterocycles. The van der Waals surface area contributed by atoms with E-state index >= 15 is 0 Å². The third kappa shape index (κ3) is 5.69. The first kappa shape index (κ1) is 28.5. The molecule has 224 valence electrons. The van der Waals surface area contributed by atoms with Crippen LogP contribution in [-0.2, 0) is 0 Å². The second-order valence-electron chi connectivity index (χ2n) is 12.1. The first-order valence-electron chi connectivity index (χ1n) is 16.4. The average molecular weight is 602 g/mol. The predicted octanol–water partition coefficient (Wildman–Crippen LogP) is 12.6. The van der Waals surface area contributed by atoms with Gasteiger partial charge in [0.15, 0.2) is 0 Å². The topological polar surface area (TPSA) is 3.24 Å². The van der Waals surface area contributed by atoms with Crippen LogP contribution in [0.4, 0.5) is 11.4 Å². The first-order valence-corrected chi connectivity index (χ1v) is 16.4. The summed E-state index contributed by atoms with van der Waals surface area (Å²) in [5, 5.41) is 2.56. The summed E-state index contributed by atoms with van der Waals surface area (Å²) in [6.07, 6.45) is 8.03. The first-order chi connectivity index (χ1) is 23.3. The molecule has 1 unspecified atom stereocenters. The lowest BCUT2D eigenvalue weighted by Gasteiger charge is -2.31. The lowest BCUT2D eigenvalue weighted by atomic mass is 9.88. The van der Waals surface area contributed by atoms with Crippen LogP contribution in [0, 0.1) is 0 Å². The number of fused-ring (bicyclic) bond motifs is 1. The summed E-state index contributed by atoms with van der Waals surface area (Å²) in [5.41, 5.74) is 12.2. The fourth-order valence-corrected chi connectivity index (χ4v) is 6.92. The fourth-order valence-electron chi connectivity index (χ4n) is 6.92. The van der Waals surface area contributed by atoms with Gasteiger partial charge in [0, 0.05) is 22.9 Å². The van der Waals surface area contributed by atoms with Crippen LogP contribution < -0.4 is 4.90 Å². The molecular formula is C46H35N. The lowest BCUT2D eigenvalue weighted by Crippen LogP contribution is -2.18. The zero-order chi connectivity index (χ0) is 31.4. The van der Waals surface area contributed by atoms with Gasteiger partial charge in [-0.25, -0.2) is 0 Å². The summed E-state index contributed by atoms with van der Waals surface area (Å²) in [6, 6.07) is 63.3. The van der Waals surface area contributed by atoms with Crippen LogP contribution >= 0.6 is 0 Å². The van der Waals surface area contributed by atoms with Gasteiger partial charge in [0.25, 0.3) is 0 Å². The zero-order valence-corrected chi connectivity index (χ0v) is 26.2. The molecule has 7 aromatic carbocycles. The van der Waals surface area contributed by atoms with E-state index in [9.17, 15) is 0 Å². The summed E-state index contributed by atoms with van der Waals surface area (Å²) in [5.74, 6) is 0.306. The maximum Gasteiger partial charge on any atom is 0.0540 e. The number of anilines is 2. The van der Waals surface area contributed by atoms with Crippen LogP contribution in [0.3, 0.4) is 0 Å². The molecule has 1 aliphatic carbocycles. The Morgan fingerprint density at radius 1 is 0.468 bits per heavy atom. The molecule has 0 radical (unpaired) electrons. The van der Waals surface area contributed by atoms with E-state index in [1.807, 2.05) is 0 Å². The van der Waals surface area contributed by atoms with E-state index in [0.29, 0.717) is 5.92 Å². The van der Waals surface area contributed by atoms with Crippen LogP contribution in [-0.4, -0.2) is 0 Å². The molecule has 47 heavy (non-hydrogen) atoms. The van der Waals surface area contributed by atoms with Crippen molar-refractivity contribution in [1.82, 2.24) is 0 Å². The molecule has 1 nitrogen and oxygen atoms in total. The van der Waals surface area contributed by atoms with E-state index in [-0.39, 0.29) is 0 Å². The Morgan fingerprint density at radius 3 is 1.89 bits per heavy atom. The molecule has 0 bridgehead atoms. The minimum atomic E-state index is 0.306. The highest BCUT2D eigenvalue weighted by Gasteiger charge is 2.22. The molecule has 8 rings (SSSR count). The number of allylic oxidation sites excluding steroid dienone is 3. The number of nitrogens with zero attached hydrogens (tertiary/aromatic N) is 1. The van der Waals surface area contributed by atoms with Crippen LogP contribution in [0.15, 0.2) is 200 Å². The van der Waals surface area contributed by atoms with Gasteiger partial charge in [0.2, 0.25) is 0 Å². The maximum absolute atomic E-state index is 2.41. The minimum Gasteiger partial charge on any atom is -0.310 e. The van der Waals surface area contributed by atoms with Crippen LogP contribution in [0.1, 0.15) is 17.9 Å². The van der Waals surface area contributed by atoms with Crippen molar-refractivity contribution >= 4 is 22.1 Å². The van der Waals surface area contributed by atoms with Crippen LogP contribution in [0.25, 0.3) is 44.2 Å². The smallest absolute Gasteiger partial charge is 0.0540 e. The average Bonchev–Trinajstić information content (AvgIpc) is 3.16. The lowest BCUT2D eigenvalue weighted by molar-refractivity contribution is 0.840. The van der Waals surface area contributed by atoms with E-state index < -0.39 is 0 Å². The Labute approximate surface area is 277 Å². The maximum atomic E-state index is 2.41. The van der Waals surface area contributed by atoms with Crippen molar-refractivity contribution < 1.29 is 0 Å². The van der Waals surface area contributed by atoms with Crippen molar-refractivity contribution in [3.63, 3.8) is 0 Å². The summed E-state index contributed by atoms with van der Waals surface area (Å²) in [7, 11) is 0. The molecule has 1 atom stereocenters. The Balaban J connectivity index is 1.16. The molecule has 1 heteroatoms. The highest BCUT2D eigenvalue weighted by Crippen LogP contribution is 2.43. The van der Waals surface area contributed by atoms with E-state index in [1.54, 1.807) is 0 Å². The highest BCUT2D eigenvalue weighted by atomic mass is 15.1. The van der Waals surface area contributed by atoms with Gasteiger partial charge in [-0.05, 0) is 74.8 Å². The Morgan fingerprint density at radius 2 is 1.09 bits per heavy atom. The number of rotatable bonds is 7. The van der Waals surface area contributed by atoms with Crippen molar-refractivity contribution in [2.75, 3.05) is 4.90 Å². The molecule has 0 aromatic heterocycles. The van der Waals surface area contributed by atoms with Crippen LogP contribution in [0.5, 0.6) is 0 Å². The molecular weight excluding hydrogens is 567 g/mol. The zero-order valence-electron chi connectivity index (χ0n) is 26.2. The SMILES string of the molecule is C1=CC(c2cccc(-c3cccc4ccccc34)c2)CC=C1N(c1ccccc1)c1ccccc1-c1ccccc1-c1ccccc1. The number of hydrogen-bond acceptors (Lipinski definition) is 1. The molecule has 0 N–H and O–H groups in total. The molecule has 1 aliphatic rings. The monoisotopic (exact) mass is 601 g/mol. The third-order valence-corrected chi connectivity index (χ3v) is 9.22. The van der Waals surface area contributed by atoms with Gasteiger partial charge in [-0.3, -0.25) is 0 Å². The molecule has 0 fully saturated rings. The van der Waals surface area contributed by atoms with Gasteiger partial charge in [0.05, 0.1) is 5.69 Å². The molecule has 7 aromatic rings. The standard InChI is InChI=1S/C46H35N/c1-3-15-35(16-4-1)42-24-9-10-25-44(42)45-26-11-12-28-46(45)47(39-21-5-2-6-22-39)40-31-29-34(30-32-40)37-19-13-20-38(33-37)43-27-14-18-36-17-7-8-23-41(36)43/h1-29,31-34H,30H2. The Hall–Kier alpha value is -5.92. The van der Waals surface area contributed by atoms with Gasteiger partial charge in [-0.15, -0.1) is 0 Å². The highest BCUT2D eigenvalue weighted by molar-refractivity contribution is 5.97. The minimum absolute atomic E-state index is 0.306. The van der Waals surface area contributed by atoms with Gasteiger partial charge in [-0.2, -0.15) is 0 Å². The number of para-hydroxylation sites is 2. The summed E-state index contributed by atoms with van der Waals surface area (Å²) < 4.78 is 0. The second kappa shape index (κ2) is 12.8. The van der Waals surface area contributed by atoms with Crippen molar-refractivity contribution in [3.05, 3.63) is 205 Å². The summed E-state index contributed by atoms with van der Waals surface area (Å²) in [4.78, 5) is 2.41. The van der Waals surface area contributed by atoms with Gasteiger partial charge < -0.3 is 4.90 Å². The van der Waals surface area contributed by atoms with Gasteiger partial charge in [0.1, 0.15) is 0 Å². The molecule has 0 spiro atoms. The van der Waals surface area contributed by atoms with Crippen LogP contribution in [0.2, 0.25) is 0 Å². The molecule has 0 aliphatic heterocycles. The van der Waals surface area contributed by atoms with E-state index in [2.05, 4.69) is 199 Å². The van der Waals surface area contributed by atoms with E-state index in [4.69, 9.17) is 0 Å². The summed E-state index contributed by atoms with van der Waals surface area (Å²) >= 11 is 0. The Bertz CT molecular complexity index is 2220. The van der Waals surface area contributed by atoms with Crippen molar-refractivity contribution in [1.29, 1.82) is 0 Å². The number of benzene rings is 7. The van der Waals surface area contributed by atoms with Crippen molar-refractivity contribution in [3.8, 4) is 33.4 Å². The fraction of sp³-hybridized carbons (Fsp3) is 0.0435. The van der Waals surface area contributed by atoms with Gasteiger partial charge in [-0.1, -0.05) is 170 Å². The normalized spacial score (nSPS) is 14.1. The number of hydrogen-bond donors (Lipinski definition) is 0. The van der Waals surface area contributed by atoms with E-state index in [0.717, 1.165) is 17.8 Å². The molecule has 0 amide bonds. The predicted molar refractivity (Wildman–Crippen MR) is 200 cm³/mol. The molecule has 0 saturated carbocycles. The Kier molecular flexibility index (Phi) is 7.79.